The Morgan fingerprint density at radius 2 is 1.94 bits per heavy atom. The van der Waals surface area contributed by atoms with Gasteiger partial charge in [0.2, 0.25) is 0 Å². The minimum Gasteiger partial charge on any atom is -0.466 e. The molecule has 6 nitrogen and oxygen atoms in total. The Labute approximate surface area is 184 Å². The van der Waals surface area contributed by atoms with Gasteiger partial charge in [-0.05, 0) is 56.1 Å². The fourth-order valence-electron chi connectivity index (χ4n) is 5.59. The van der Waals surface area contributed by atoms with Crippen LogP contribution in [-0.4, -0.2) is 36.2 Å². The maximum absolute atomic E-state index is 13.8. The summed E-state index contributed by atoms with van der Waals surface area (Å²) in [5.74, 6) is -2.52. The highest BCUT2D eigenvalue weighted by molar-refractivity contribution is 6.19. The van der Waals surface area contributed by atoms with Crippen LogP contribution in [0.2, 0.25) is 0 Å². The molecular formula is C25H34O6. The topological polar surface area (TPSA) is 86.7 Å². The maximum atomic E-state index is 13.8. The molecule has 0 unspecified atom stereocenters. The molecule has 0 aromatic heterocycles. The molecule has 31 heavy (non-hydrogen) atoms. The van der Waals surface area contributed by atoms with Crippen LogP contribution in [0.3, 0.4) is 0 Å². The standard InChI is InChI=1S/C25H34O6/c1-5-30-23(28)14-17-7-6-8-19-20(26)11-12-22(27)25(17,19)24(29)31-21-13-16(4)9-10-18(21)15(2)3/h6-7,11-12,15-19,21H,5,8-10,13-14H2,1-4H3/t16-,17+,18+,19-,21-,25+/m1/s1. The van der Waals surface area contributed by atoms with Crippen molar-refractivity contribution < 1.29 is 28.7 Å². The molecule has 0 bridgehead atoms. The van der Waals surface area contributed by atoms with Gasteiger partial charge >= 0.3 is 11.9 Å². The third kappa shape index (κ3) is 4.39. The minimum absolute atomic E-state index is 0.141. The molecule has 1 fully saturated rings. The molecule has 0 aliphatic heterocycles. The second-order valence-electron chi connectivity index (χ2n) is 9.57. The van der Waals surface area contributed by atoms with E-state index in [0.717, 1.165) is 19.3 Å². The van der Waals surface area contributed by atoms with Crippen molar-refractivity contribution in [3.63, 3.8) is 0 Å². The van der Waals surface area contributed by atoms with Crippen LogP contribution in [0, 0.1) is 35.0 Å². The smallest absolute Gasteiger partial charge is 0.321 e. The largest absolute Gasteiger partial charge is 0.466 e. The number of fused-ring (bicyclic) bond motifs is 1. The SMILES string of the molecule is CCOC(=O)C[C@@H]1C=CC[C@@H]2C(=O)C=CC(=O)[C@@]21C(=O)O[C@@H]1C[C@H](C)CC[C@H]1C(C)C. The van der Waals surface area contributed by atoms with Crippen LogP contribution >= 0.6 is 0 Å². The summed E-state index contributed by atoms with van der Waals surface area (Å²) >= 11 is 0. The Bertz CT molecular complexity index is 794. The highest BCUT2D eigenvalue weighted by Crippen LogP contribution is 2.49. The monoisotopic (exact) mass is 430 g/mol. The van der Waals surface area contributed by atoms with E-state index in [1.807, 2.05) is 0 Å². The van der Waals surface area contributed by atoms with Gasteiger partial charge in [0.05, 0.1) is 13.0 Å². The predicted molar refractivity (Wildman–Crippen MR) is 115 cm³/mol. The molecule has 0 spiro atoms. The van der Waals surface area contributed by atoms with Crippen molar-refractivity contribution in [2.75, 3.05) is 6.61 Å². The van der Waals surface area contributed by atoms with E-state index in [0.29, 0.717) is 11.8 Å². The van der Waals surface area contributed by atoms with Gasteiger partial charge in [0.1, 0.15) is 11.5 Å². The number of ether oxygens (including phenoxy) is 2. The fourth-order valence-corrected chi connectivity index (χ4v) is 5.59. The number of carbonyl (C=O) groups is 4. The molecule has 3 aliphatic carbocycles. The summed E-state index contributed by atoms with van der Waals surface area (Å²) in [5, 5.41) is 0. The van der Waals surface area contributed by atoms with Gasteiger partial charge in [0, 0.05) is 11.8 Å². The number of carbonyl (C=O) groups excluding carboxylic acids is 4. The number of hydrogen-bond donors (Lipinski definition) is 0. The summed E-state index contributed by atoms with van der Waals surface area (Å²) in [6, 6.07) is 0. The first-order valence-electron chi connectivity index (χ1n) is 11.5. The zero-order valence-corrected chi connectivity index (χ0v) is 19.0. The van der Waals surface area contributed by atoms with Crippen LogP contribution < -0.4 is 0 Å². The lowest BCUT2D eigenvalue weighted by atomic mass is 9.56. The van der Waals surface area contributed by atoms with Crippen molar-refractivity contribution in [3.05, 3.63) is 24.3 Å². The van der Waals surface area contributed by atoms with Crippen molar-refractivity contribution >= 4 is 23.5 Å². The molecular weight excluding hydrogens is 396 g/mol. The summed E-state index contributed by atoms with van der Waals surface area (Å²) in [7, 11) is 0. The van der Waals surface area contributed by atoms with Crippen LogP contribution in [0.15, 0.2) is 24.3 Å². The van der Waals surface area contributed by atoms with Gasteiger partial charge in [-0.1, -0.05) is 39.3 Å². The predicted octanol–water partition coefficient (Wildman–Crippen LogP) is 3.83. The molecule has 170 valence electrons. The highest BCUT2D eigenvalue weighted by Gasteiger charge is 2.62. The minimum atomic E-state index is -1.70. The molecule has 0 amide bonds. The molecule has 0 saturated heterocycles. The first-order chi connectivity index (χ1) is 14.7. The van der Waals surface area contributed by atoms with Gasteiger partial charge in [0.15, 0.2) is 11.6 Å². The van der Waals surface area contributed by atoms with E-state index in [2.05, 4.69) is 20.8 Å². The number of esters is 2. The van der Waals surface area contributed by atoms with Crippen LogP contribution in [0.1, 0.15) is 59.8 Å². The van der Waals surface area contributed by atoms with E-state index in [1.165, 1.54) is 12.2 Å². The second-order valence-corrected chi connectivity index (χ2v) is 9.57. The molecule has 3 aliphatic rings. The Kier molecular flexibility index (Phi) is 7.17. The normalized spacial score (nSPS) is 35.1. The van der Waals surface area contributed by atoms with Crippen LogP contribution in [0.5, 0.6) is 0 Å². The lowest BCUT2D eigenvalue weighted by Crippen LogP contribution is -2.57. The van der Waals surface area contributed by atoms with Gasteiger partial charge < -0.3 is 9.47 Å². The third-order valence-corrected chi connectivity index (χ3v) is 7.27. The van der Waals surface area contributed by atoms with E-state index in [9.17, 15) is 19.2 Å². The summed E-state index contributed by atoms with van der Waals surface area (Å²) in [4.78, 5) is 52.1. The van der Waals surface area contributed by atoms with Crippen molar-refractivity contribution in [1.29, 1.82) is 0 Å². The summed E-state index contributed by atoms with van der Waals surface area (Å²) in [5.41, 5.74) is -1.70. The zero-order chi connectivity index (χ0) is 22.8. The van der Waals surface area contributed by atoms with Gasteiger partial charge in [-0.15, -0.1) is 0 Å². The average Bonchev–Trinajstić information content (AvgIpc) is 2.70. The Balaban J connectivity index is 1.98. The number of ketones is 2. The second kappa shape index (κ2) is 9.49. The molecule has 0 heterocycles. The molecule has 6 heteroatoms. The van der Waals surface area contributed by atoms with Gasteiger partial charge in [-0.2, -0.15) is 0 Å². The number of hydrogen-bond acceptors (Lipinski definition) is 6. The Morgan fingerprint density at radius 3 is 2.61 bits per heavy atom. The lowest BCUT2D eigenvalue weighted by molar-refractivity contribution is -0.180. The highest BCUT2D eigenvalue weighted by atomic mass is 16.5. The van der Waals surface area contributed by atoms with E-state index in [-0.39, 0.29) is 37.3 Å². The third-order valence-electron chi connectivity index (χ3n) is 7.27. The average molecular weight is 431 g/mol. The van der Waals surface area contributed by atoms with Crippen LogP contribution in [-0.2, 0) is 28.7 Å². The van der Waals surface area contributed by atoms with E-state index in [1.54, 1.807) is 19.1 Å². The summed E-state index contributed by atoms with van der Waals surface area (Å²) in [6.45, 7) is 8.29. The van der Waals surface area contributed by atoms with Crippen LogP contribution in [0.4, 0.5) is 0 Å². The quantitative estimate of drug-likeness (QED) is 0.362. The molecule has 3 rings (SSSR count). The van der Waals surface area contributed by atoms with Gasteiger partial charge in [-0.25, -0.2) is 0 Å². The van der Waals surface area contributed by atoms with E-state index >= 15 is 0 Å². The number of allylic oxidation sites excluding steroid dienone is 4. The Hall–Kier alpha value is -2.24. The zero-order valence-electron chi connectivity index (χ0n) is 19.0. The van der Waals surface area contributed by atoms with Crippen molar-refractivity contribution in [2.24, 2.45) is 35.0 Å². The first-order valence-corrected chi connectivity index (χ1v) is 11.5. The fraction of sp³-hybridized carbons (Fsp3) is 0.680. The Morgan fingerprint density at radius 1 is 1.19 bits per heavy atom. The molecule has 0 radical (unpaired) electrons. The summed E-state index contributed by atoms with van der Waals surface area (Å²) < 4.78 is 11.2. The van der Waals surface area contributed by atoms with Gasteiger partial charge in [0.25, 0.3) is 0 Å². The van der Waals surface area contributed by atoms with Crippen LogP contribution in [0.25, 0.3) is 0 Å². The molecule has 0 aromatic rings. The summed E-state index contributed by atoms with van der Waals surface area (Å²) in [6.07, 6.45) is 8.55. The molecule has 0 aromatic carbocycles. The van der Waals surface area contributed by atoms with E-state index < -0.39 is 35.0 Å². The first kappa shape index (κ1) is 23.4. The van der Waals surface area contributed by atoms with Crippen molar-refractivity contribution in [2.45, 2.75) is 65.9 Å². The molecule has 0 N–H and O–H groups in total. The molecule has 6 atom stereocenters. The van der Waals surface area contributed by atoms with Crippen molar-refractivity contribution in [3.8, 4) is 0 Å². The molecule has 1 saturated carbocycles. The maximum Gasteiger partial charge on any atom is 0.321 e. The van der Waals surface area contributed by atoms with Gasteiger partial charge in [-0.3, -0.25) is 19.2 Å². The van der Waals surface area contributed by atoms with E-state index in [4.69, 9.17) is 9.47 Å². The van der Waals surface area contributed by atoms with Crippen molar-refractivity contribution in [1.82, 2.24) is 0 Å². The number of rotatable bonds is 6. The lowest BCUT2D eigenvalue weighted by Gasteiger charge is -2.45.